The van der Waals surface area contributed by atoms with Crippen LogP contribution in [0.15, 0.2) is 12.1 Å². The third kappa shape index (κ3) is 3.87. The van der Waals surface area contributed by atoms with Crippen molar-refractivity contribution in [2.75, 3.05) is 0 Å². The minimum Gasteiger partial charge on any atom is -0.506 e. The Morgan fingerprint density at radius 3 is 2.04 bits per heavy atom. The maximum atomic E-state index is 13.8. The van der Waals surface area contributed by atoms with Crippen LogP contribution in [-0.4, -0.2) is 22.2 Å². The molecule has 11 heteroatoms. The van der Waals surface area contributed by atoms with Gasteiger partial charge in [0.25, 0.3) is 0 Å². The molecule has 138 valence electrons. The van der Waals surface area contributed by atoms with E-state index in [1.54, 1.807) is 28.7 Å². The summed E-state index contributed by atoms with van der Waals surface area (Å²) in [6.45, 7) is -0.642. The molecule has 0 atom stereocenters. The summed E-state index contributed by atoms with van der Waals surface area (Å²) in [5.41, 5.74) is -3.18. The Bertz CT molecular complexity index is 933. The molecule has 0 aliphatic carbocycles. The number of ether oxygens (including phenoxy) is 1. The van der Waals surface area contributed by atoms with E-state index in [0.29, 0.717) is 7.14 Å². The summed E-state index contributed by atoms with van der Waals surface area (Å²) in [7, 11) is 0. The van der Waals surface area contributed by atoms with E-state index in [0.717, 1.165) is 0 Å². The third-order valence-corrected chi connectivity index (χ3v) is 4.60. The van der Waals surface area contributed by atoms with Gasteiger partial charge in [0.2, 0.25) is 0 Å². The fraction of sp³-hybridized carbons (Fsp3) is 0.0667. The normalized spacial score (nSPS) is 10.7. The molecule has 0 spiro atoms. The molecule has 0 aliphatic heterocycles. The number of phenolic OH excluding ortho intramolecular Hbond substituents is 1. The fourth-order valence-electron chi connectivity index (χ4n) is 1.97. The molecule has 0 saturated carbocycles. The van der Waals surface area contributed by atoms with Gasteiger partial charge in [-0.15, -0.1) is 0 Å². The Balaban J connectivity index is 2.44. The minimum absolute atomic E-state index is 0.0926. The number of benzene rings is 2. The van der Waals surface area contributed by atoms with E-state index in [9.17, 15) is 32.3 Å². The fourth-order valence-corrected chi connectivity index (χ4v) is 3.93. The van der Waals surface area contributed by atoms with E-state index < -0.39 is 52.9 Å². The second-order valence-electron chi connectivity index (χ2n) is 4.78. The van der Waals surface area contributed by atoms with Crippen LogP contribution in [-0.2, 0) is 11.3 Å². The molecule has 2 N–H and O–H groups in total. The van der Waals surface area contributed by atoms with Gasteiger partial charge in [0.15, 0.2) is 23.3 Å². The lowest BCUT2D eigenvalue weighted by molar-refractivity contribution is 0.0451. The van der Waals surface area contributed by atoms with Gasteiger partial charge >= 0.3 is 11.9 Å². The number of hydrogen-bond donors (Lipinski definition) is 2. The summed E-state index contributed by atoms with van der Waals surface area (Å²) < 4.78 is 59.8. The molecular formula is C15H6F4I2O5. The average Bonchev–Trinajstić information content (AvgIpc) is 2.57. The van der Waals surface area contributed by atoms with Gasteiger partial charge in [-0.05, 0) is 57.3 Å². The highest BCUT2D eigenvalue weighted by atomic mass is 127. The molecule has 26 heavy (non-hydrogen) atoms. The van der Waals surface area contributed by atoms with E-state index in [1.165, 1.54) is 6.07 Å². The molecule has 0 amide bonds. The molecule has 5 nitrogen and oxygen atoms in total. The van der Waals surface area contributed by atoms with Gasteiger partial charge in [-0.1, -0.05) is 0 Å². The molecule has 0 fully saturated rings. The quantitative estimate of drug-likeness (QED) is 0.182. The van der Waals surface area contributed by atoms with Crippen LogP contribution in [0.3, 0.4) is 0 Å². The SMILES string of the molecule is O=C(O)c1c(F)c(F)c(F)c(F)c1C(=O)OCc1cc(I)cc(I)c1O. The van der Waals surface area contributed by atoms with Crippen molar-refractivity contribution in [1.29, 1.82) is 0 Å². The summed E-state index contributed by atoms with van der Waals surface area (Å²) in [4.78, 5) is 23.0. The van der Waals surface area contributed by atoms with Crippen LogP contribution < -0.4 is 0 Å². The first kappa shape index (κ1) is 20.7. The highest BCUT2D eigenvalue weighted by Crippen LogP contribution is 2.29. The van der Waals surface area contributed by atoms with Crippen molar-refractivity contribution in [3.63, 3.8) is 0 Å². The summed E-state index contributed by atoms with van der Waals surface area (Å²) >= 11 is 3.71. The van der Waals surface area contributed by atoms with Crippen molar-refractivity contribution in [3.8, 4) is 5.75 Å². The lowest BCUT2D eigenvalue weighted by Crippen LogP contribution is -2.19. The number of carboxylic acids is 1. The van der Waals surface area contributed by atoms with Crippen LogP contribution >= 0.6 is 45.2 Å². The second kappa shape index (κ2) is 7.94. The Labute approximate surface area is 170 Å². The second-order valence-corrected chi connectivity index (χ2v) is 7.19. The number of rotatable bonds is 4. The summed E-state index contributed by atoms with van der Waals surface area (Å²) in [5, 5.41) is 18.8. The molecule has 0 saturated heterocycles. The monoisotopic (exact) mass is 596 g/mol. The molecule has 0 bridgehead atoms. The number of phenols is 1. The van der Waals surface area contributed by atoms with Crippen LogP contribution in [0, 0.1) is 30.4 Å². The van der Waals surface area contributed by atoms with Crippen LogP contribution in [0.5, 0.6) is 5.75 Å². The van der Waals surface area contributed by atoms with Gasteiger partial charge in [-0.3, -0.25) is 0 Å². The van der Waals surface area contributed by atoms with Gasteiger partial charge in [-0.25, -0.2) is 27.2 Å². The molecule has 0 radical (unpaired) electrons. The third-order valence-electron chi connectivity index (χ3n) is 3.15. The summed E-state index contributed by atoms with van der Waals surface area (Å²) in [6.07, 6.45) is 0. The van der Waals surface area contributed by atoms with Crippen molar-refractivity contribution < 1.29 is 42.1 Å². The van der Waals surface area contributed by atoms with Gasteiger partial charge in [-0.2, -0.15) is 0 Å². The molecule has 2 rings (SSSR count). The number of carbonyl (C=O) groups is 2. The Morgan fingerprint density at radius 1 is 0.962 bits per heavy atom. The maximum Gasteiger partial charge on any atom is 0.342 e. The van der Waals surface area contributed by atoms with E-state index in [-0.39, 0.29) is 11.3 Å². The minimum atomic E-state index is -2.36. The van der Waals surface area contributed by atoms with E-state index in [1.807, 2.05) is 22.6 Å². The summed E-state index contributed by atoms with van der Waals surface area (Å²) in [6, 6.07) is 3.03. The molecule has 0 aliphatic rings. The average molecular weight is 596 g/mol. The number of halogens is 6. The van der Waals surface area contributed by atoms with Crippen molar-refractivity contribution >= 4 is 57.1 Å². The van der Waals surface area contributed by atoms with E-state index in [4.69, 9.17) is 5.11 Å². The Hall–Kier alpha value is -1.64. The lowest BCUT2D eigenvalue weighted by Gasteiger charge is -2.12. The molecule has 0 heterocycles. The highest BCUT2D eigenvalue weighted by Gasteiger charge is 2.33. The molecule has 2 aromatic carbocycles. The van der Waals surface area contributed by atoms with Gasteiger partial charge in [0.05, 0.1) is 3.57 Å². The van der Waals surface area contributed by atoms with Gasteiger partial charge in [0, 0.05) is 9.13 Å². The maximum absolute atomic E-state index is 13.8. The number of aromatic hydroxyl groups is 1. The van der Waals surface area contributed by atoms with Crippen molar-refractivity contribution in [3.05, 3.63) is 59.2 Å². The van der Waals surface area contributed by atoms with E-state index in [2.05, 4.69) is 4.74 Å². The standard InChI is InChI=1S/C15H6F4I2O5/c16-9-7(14(23)24)8(10(17)12(19)11(9)18)15(25)26-3-4-1-5(20)2-6(21)13(4)22/h1-2,22H,3H2,(H,23,24). The van der Waals surface area contributed by atoms with Gasteiger partial charge < -0.3 is 14.9 Å². The predicted molar refractivity (Wildman–Crippen MR) is 95.9 cm³/mol. The first-order chi connectivity index (χ1) is 12.1. The Kier molecular flexibility index (Phi) is 6.31. The first-order valence-corrected chi connectivity index (χ1v) is 8.65. The smallest absolute Gasteiger partial charge is 0.342 e. The zero-order chi connectivity index (χ0) is 19.8. The zero-order valence-corrected chi connectivity index (χ0v) is 16.6. The van der Waals surface area contributed by atoms with Crippen molar-refractivity contribution in [2.24, 2.45) is 0 Å². The number of carboxylic acid groups (broad SMARTS) is 1. The molecule has 0 aromatic heterocycles. The summed E-state index contributed by atoms with van der Waals surface area (Å²) in [5.74, 6) is -13.3. The number of esters is 1. The van der Waals surface area contributed by atoms with Gasteiger partial charge in [0.1, 0.15) is 23.5 Å². The Morgan fingerprint density at radius 2 is 1.50 bits per heavy atom. The van der Waals surface area contributed by atoms with Crippen molar-refractivity contribution in [2.45, 2.75) is 6.61 Å². The molecule has 0 unspecified atom stereocenters. The topological polar surface area (TPSA) is 83.8 Å². The number of hydrogen-bond acceptors (Lipinski definition) is 4. The molecular weight excluding hydrogens is 590 g/mol. The van der Waals surface area contributed by atoms with E-state index >= 15 is 0 Å². The molecule has 2 aromatic rings. The predicted octanol–water partition coefficient (Wildman–Crippen LogP) is 4.21. The van der Waals surface area contributed by atoms with Crippen LogP contribution in [0.25, 0.3) is 0 Å². The first-order valence-electron chi connectivity index (χ1n) is 6.49. The lowest BCUT2D eigenvalue weighted by atomic mass is 10.1. The number of carbonyl (C=O) groups excluding carboxylic acids is 1. The van der Waals surface area contributed by atoms with Crippen molar-refractivity contribution in [1.82, 2.24) is 0 Å². The van der Waals surface area contributed by atoms with Crippen LogP contribution in [0.2, 0.25) is 0 Å². The number of aromatic carboxylic acids is 1. The van der Waals surface area contributed by atoms with Crippen LogP contribution in [0.4, 0.5) is 17.6 Å². The zero-order valence-electron chi connectivity index (χ0n) is 12.2. The van der Waals surface area contributed by atoms with Crippen LogP contribution in [0.1, 0.15) is 26.3 Å². The largest absolute Gasteiger partial charge is 0.506 e. The highest BCUT2D eigenvalue weighted by molar-refractivity contribution is 14.1.